The summed E-state index contributed by atoms with van der Waals surface area (Å²) >= 11 is 13.3. The smallest absolute Gasteiger partial charge is 0.266 e. The van der Waals surface area contributed by atoms with Crippen LogP contribution in [0.25, 0.3) is 10.2 Å². The van der Waals surface area contributed by atoms with Crippen LogP contribution in [0.3, 0.4) is 0 Å². The van der Waals surface area contributed by atoms with Gasteiger partial charge in [-0.2, -0.15) is 0 Å². The number of halogens is 2. The molecule has 25 heavy (non-hydrogen) atoms. The summed E-state index contributed by atoms with van der Waals surface area (Å²) in [6, 6.07) is 9.87. The highest BCUT2D eigenvalue weighted by atomic mass is 35.5. The van der Waals surface area contributed by atoms with Crippen molar-refractivity contribution in [2.24, 2.45) is 5.16 Å². The molecular weight excluding hydrogens is 385 g/mol. The Hall–Kier alpha value is -2.35. The van der Waals surface area contributed by atoms with E-state index >= 15 is 0 Å². The highest BCUT2D eigenvalue weighted by molar-refractivity contribution is 7.22. The molecule has 1 amide bonds. The molecule has 0 saturated carbocycles. The molecule has 2 aromatic carbocycles. The average Bonchev–Trinajstić information content (AvgIpc) is 2.94. The summed E-state index contributed by atoms with van der Waals surface area (Å²) in [5.74, 6) is -0.294. The van der Waals surface area contributed by atoms with E-state index in [4.69, 9.17) is 28.0 Å². The van der Waals surface area contributed by atoms with Crippen LogP contribution in [0, 0.1) is 0 Å². The van der Waals surface area contributed by atoms with Crippen molar-refractivity contribution in [2.45, 2.75) is 0 Å². The molecule has 0 bridgehead atoms. The van der Waals surface area contributed by atoms with Gasteiger partial charge in [-0.05, 0) is 24.3 Å². The molecule has 1 aromatic heterocycles. The number of phenols is 1. The average molecular weight is 396 g/mol. The second kappa shape index (κ2) is 7.69. The molecule has 0 aliphatic heterocycles. The largest absolute Gasteiger partial charge is 0.508 e. The van der Waals surface area contributed by atoms with Crippen LogP contribution < -0.4 is 5.32 Å². The van der Waals surface area contributed by atoms with E-state index in [1.54, 1.807) is 30.3 Å². The van der Waals surface area contributed by atoms with Gasteiger partial charge in [0.2, 0.25) is 0 Å². The summed E-state index contributed by atoms with van der Waals surface area (Å²) in [7, 11) is 0. The molecule has 0 spiro atoms. The third-order valence-corrected chi connectivity index (χ3v) is 4.68. The number of hydrogen-bond donors (Lipinski definition) is 2. The molecule has 0 unspecified atom stereocenters. The minimum Gasteiger partial charge on any atom is -0.508 e. The van der Waals surface area contributed by atoms with Crippen LogP contribution >= 0.6 is 34.5 Å². The van der Waals surface area contributed by atoms with E-state index in [1.165, 1.54) is 23.6 Å². The quantitative estimate of drug-likeness (QED) is 0.498. The van der Waals surface area contributed by atoms with Crippen LogP contribution in [0.15, 0.2) is 41.6 Å². The predicted molar refractivity (Wildman–Crippen MR) is 99.9 cm³/mol. The van der Waals surface area contributed by atoms with Crippen LogP contribution in [0.1, 0.15) is 5.56 Å². The third-order valence-electron chi connectivity index (χ3n) is 3.07. The molecule has 9 heteroatoms. The van der Waals surface area contributed by atoms with Gasteiger partial charge in [0.25, 0.3) is 5.91 Å². The van der Waals surface area contributed by atoms with Gasteiger partial charge in [-0.15, -0.1) is 0 Å². The lowest BCUT2D eigenvalue weighted by molar-refractivity contribution is -0.120. The van der Waals surface area contributed by atoms with Gasteiger partial charge in [-0.1, -0.05) is 45.8 Å². The zero-order valence-corrected chi connectivity index (χ0v) is 14.9. The van der Waals surface area contributed by atoms with E-state index in [2.05, 4.69) is 15.5 Å². The number of rotatable bonds is 5. The molecule has 0 radical (unpaired) electrons. The van der Waals surface area contributed by atoms with Gasteiger partial charge < -0.3 is 9.94 Å². The molecule has 128 valence electrons. The van der Waals surface area contributed by atoms with Crippen molar-refractivity contribution >= 4 is 62.0 Å². The highest BCUT2D eigenvalue weighted by Crippen LogP contribution is 2.28. The summed E-state index contributed by atoms with van der Waals surface area (Å²) in [5.41, 5.74) is 1.12. The Balaban J connectivity index is 1.56. The first-order valence-corrected chi connectivity index (χ1v) is 8.59. The van der Waals surface area contributed by atoms with Gasteiger partial charge in [0.1, 0.15) is 5.75 Å². The Morgan fingerprint density at radius 2 is 2.08 bits per heavy atom. The fourth-order valence-corrected chi connectivity index (χ4v) is 3.30. The Kier molecular flexibility index (Phi) is 5.37. The molecule has 6 nitrogen and oxygen atoms in total. The number of aromatic hydroxyl groups is 1. The Labute approximate surface area is 156 Å². The van der Waals surface area contributed by atoms with Crippen molar-refractivity contribution < 1.29 is 14.7 Å². The molecule has 0 fully saturated rings. The number of oxime groups is 1. The van der Waals surface area contributed by atoms with E-state index in [9.17, 15) is 9.90 Å². The number of hydrogen-bond acceptors (Lipinski definition) is 6. The number of phenolic OH excluding ortho intramolecular Hbond substituents is 1. The number of carbonyl (C=O) groups excluding carboxylic acids is 1. The van der Waals surface area contributed by atoms with Crippen LogP contribution in [-0.4, -0.2) is 28.8 Å². The number of benzene rings is 2. The zero-order valence-electron chi connectivity index (χ0n) is 12.6. The number of aromatic nitrogens is 1. The normalized spacial score (nSPS) is 11.1. The first kappa shape index (κ1) is 17.5. The summed E-state index contributed by atoms with van der Waals surface area (Å²) < 4.78 is 0.848. The maximum absolute atomic E-state index is 11.9. The maximum atomic E-state index is 11.9. The first-order chi connectivity index (χ1) is 12.0. The van der Waals surface area contributed by atoms with Crippen LogP contribution in [-0.2, 0) is 9.63 Å². The van der Waals surface area contributed by atoms with Crippen molar-refractivity contribution in [1.29, 1.82) is 0 Å². The predicted octanol–water partition coefficient (Wildman–Crippen LogP) is 4.30. The summed E-state index contributed by atoms with van der Waals surface area (Å²) in [5, 5.41) is 17.0. The molecular formula is C16H11Cl2N3O3S. The lowest BCUT2D eigenvalue weighted by Gasteiger charge is -2.01. The number of nitrogens with zero attached hydrogens (tertiary/aromatic N) is 2. The van der Waals surface area contributed by atoms with Crippen molar-refractivity contribution in [3.05, 3.63) is 52.0 Å². The Morgan fingerprint density at radius 1 is 1.32 bits per heavy atom. The monoisotopic (exact) mass is 395 g/mol. The highest BCUT2D eigenvalue weighted by Gasteiger charge is 2.09. The number of thiazole rings is 1. The van der Waals surface area contributed by atoms with Gasteiger partial charge in [0.15, 0.2) is 11.7 Å². The van der Waals surface area contributed by atoms with Crippen LogP contribution in [0.2, 0.25) is 10.0 Å². The molecule has 0 saturated heterocycles. The summed E-state index contributed by atoms with van der Waals surface area (Å²) in [4.78, 5) is 21.0. The lowest BCUT2D eigenvalue weighted by atomic mass is 10.2. The fourth-order valence-electron chi connectivity index (χ4n) is 1.94. The van der Waals surface area contributed by atoms with Crippen molar-refractivity contribution in [3.8, 4) is 5.75 Å². The molecule has 2 N–H and O–H groups in total. The SMILES string of the molecule is O=C(CO/N=C/c1c(Cl)cccc1Cl)Nc1nc2cc(O)ccc2s1. The van der Waals surface area contributed by atoms with Crippen LogP contribution in [0.4, 0.5) is 5.13 Å². The summed E-state index contributed by atoms with van der Waals surface area (Å²) in [6.07, 6.45) is 1.35. The zero-order chi connectivity index (χ0) is 17.8. The van der Waals surface area contributed by atoms with Gasteiger partial charge in [-0.25, -0.2) is 4.98 Å². The minimum atomic E-state index is -0.411. The van der Waals surface area contributed by atoms with Crippen molar-refractivity contribution in [2.75, 3.05) is 11.9 Å². The van der Waals surface area contributed by atoms with E-state index in [-0.39, 0.29) is 12.4 Å². The molecule has 3 aromatic rings. The van der Waals surface area contributed by atoms with E-state index in [0.717, 1.165) is 4.70 Å². The standard InChI is InChI=1S/C16H11Cl2N3O3S/c17-11-2-1-3-12(18)10(11)7-19-24-8-15(23)21-16-20-13-6-9(22)4-5-14(13)25-16/h1-7,22H,8H2,(H,20,21,23)/b19-7+. The fraction of sp³-hybridized carbons (Fsp3) is 0.0625. The number of fused-ring (bicyclic) bond motifs is 1. The second-order valence-electron chi connectivity index (χ2n) is 4.86. The van der Waals surface area contributed by atoms with Crippen LogP contribution in [0.5, 0.6) is 5.75 Å². The van der Waals surface area contributed by atoms with Crippen molar-refractivity contribution in [1.82, 2.24) is 4.98 Å². The topological polar surface area (TPSA) is 83.8 Å². The molecule has 1 heterocycles. The minimum absolute atomic E-state index is 0.117. The van der Waals surface area contributed by atoms with Gasteiger partial charge in [0, 0.05) is 11.6 Å². The number of anilines is 1. The second-order valence-corrected chi connectivity index (χ2v) is 6.71. The Bertz CT molecular complexity index is 939. The molecule has 0 atom stereocenters. The van der Waals surface area contributed by atoms with Gasteiger partial charge >= 0.3 is 0 Å². The van der Waals surface area contributed by atoms with Crippen molar-refractivity contribution in [3.63, 3.8) is 0 Å². The third kappa shape index (κ3) is 4.39. The first-order valence-electron chi connectivity index (χ1n) is 7.01. The van der Waals surface area contributed by atoms with Gasteiger partial charge in [0.05, 0.1) is 26.5 Å². The number of amides is 1. The van der Waals surface area contributed by atoms with E-state index < -0.39 is 5.91 Å². The number of carbonyl (C=O) groups is 1. The Morgan fingerprint density at radius 3 is 2.84 bits per heavy atom. The van der Waals surface area contributed by atoms with E-state index in [0.29, 0.717) is 26.3 Å². The van der Waals surface area contributed by atoms with Gasteiger partial charge in [-0.3, -0.25) is 10.1 Å². The summed E-state index contributed by atoms with van der Waals surface area (Å²) in [6.45, 7) is -0.292. The lowest BCUT2D eigenvalue weighted by Crippen LogP contribution is -2.16. The molecule has 0 aliphatic carbocycles. The number of nitrogens with one attached hydrogen (secondary N) is 1. The molecule has 3 rings (SSSR count). The molecule has 0 aliphatic rings. The maximum Gasteiger partial charge on any atom is 0.266 e. The van der Waals surface area contributed by atoms with E-state index in [1.807, 2.05) is 0 Å².